The van der Waals surface area contributed by atoms with E-state index in [-0.39, 0.29) is 24.5 Å². The van der Waals surface area contributed by atoms with Crippen LogP contribution in [0, 0.1) is 0 Å². The minimum atomic E-state index is -3.79. The third kappa shape index (κ3) is 7.35. The van der Waals surface area contributed by atoms with Gasteiger partial charge in [0.2, 0.25) is 0 Å². The standard InChI is InChI=1S/C21H32BrNO6S/c1-7-28-19(25)16(23-14-18(24)29-20(2,3)4)12-21(5,6)30(26,27)17-11-9-8-10-15(17)13-22/h8-11,16,23H,7,12-14H2,1-6H3/t16-/m0/s1. The predicted molar refractivity (Wildman–Crippen MR) is 119 cm³/mol. The number of rotatable bonds is 10. The van der Waals surface area contributed by atoms with Crippen LogP contribution in [0.2, 0.25) is 0 Å². The maximum absolute atomic E-state index is 13.4. The van der Waals surface area contributed by atoms with E-state index in [1.54, 1.807) is 65.8 Å². The number of hydrogen-bond donors (Lipinski definition) is 1. The van der Waals surface area contributed by atoms with Gasteiger partial charge in [-0.2, -0.15) is 0 Å². The van der Waals surface area contributed by atoms with E-state index in [0.29, 0.717) is 10.9 Å². The Morgan fingerprint density at radius 1 is 1.13 bits per heavy atom. The second-order valence-corrected chi connectivity index (χ2v) is 11.6. The molecule has 0 saturated heterocycles. The molecular formula is C21H32BrNO6S. The summed E-state index contributed by atoms with van der Waals surface area (Å²) in [6.07, 6.45) is -0.0758. The predicted octanol–water partition coefficient (Wildman–Crippen LogP) is 3.39. The molecule has 30 heavy (non-hydrogen) atoms. The zero-order chi connectivity index (χ0) is 23.2. The van der Waals surface area contributed by atoms with Gasteiger partial charge in [0.15, 0.2) is 9.84 Å². The number of ether oxygens (including phenoxy) is 2. The van der Waals surface area contributed by atoms with Gasteiger partial charge in [-0.1, -0.05) is 34.1 Å². The smallest absolute Gasteiger partial charge is 0.323 e. The molecule has 7 nitrogen and oxygen atoms in total. The Hall–Kier alpha value is -1.45. The molecule has 9 heteroatoms. The van der Waals surface area contributed by atoms with Crippen molar-refractivity contribution in [3.63, 3.8) is 0 Å². The number of hydrogen-bond acceptors (Lipinski definition) is 7. The number of sulfone groups is 1. The van der Waals surface area contributed by atoms with Gasteiger partial charge in [-0.05, 0) is 59.6 Å². The first-order valence-electron chi connectivity index (χ1n) is 9.75. The van der Waals surface area contributed by atoms with Gasteiger partial charge in [-0.3, -0.25) is 14.9 Å². The molecular weight excluding hydrogens is 474 g/mol. The van der Waals surface area contributed by atoms with Crippen LogP contribution >= 0.6 is 15.9 Å². The molecule has 0 amide bonds. The van der Waals surface area contributed by atoms with E-state index < -0.39 is 38.2 Å². The summed E-state index contributed by atoms with van der Waals surface area (Å²) in [5, 5.41) is 3.20. The van der Waals surface area contributed by atoms with Crippen molar-refractivity contribution in [2.24, 2.45) is 0 Å². The van der Waals surface area contributed by atoms with Crippen LogP contribution in [0.4, 0.5) is 0 Å². The minimum Gasteiger partial charge on any atom is -0.465 e. The van der Waals surface area contributed by atoms with Gasteiger partial charge in [0.25, 0.3) is 0 Å². The van der Waals surface area contributed by atoms with E-state index in [4.69, 9.17) is 9.47 Å². The topological polar surface area (TPSA) is 98.8 Å². The number of carbonyl (C=O) groups excluding carboxylic acids is 2. The summed E-state index contributed by atoms with van der Waals surface area (Å²) < 4.78 is 35.8. The summed E-state index contributed by atoms with van der Waals surface area (Å²) in [5.41, 5.74) is -0.0276. The maximum atomic E-state index is 13.4. The fourth-order valence-corrected chi connectivity index (χ4v) is 5.24. The van der Waals surface area contributed by atoms with Crippen molar-refractivity contribution >= 4 is 37.7 Å². The molecule has 0 radical (unpaired) electrons. The quantitative estimate of drug-likeness (QED) is 0.384. The van der Waals surface area contributed by atoms with Crippen LogP contribution in [0.1, 0.15) is 53.5 Å². The first-order valence-corrected chi connectivity index (χ1v) is 12.4. The number of esters is 2. The minimum absolute atomic E-state index is 0.0758. The highest BCUT2D eigenvalue weighted by molar-refractivity contribution is 9.08. The molecule has 1 aromatic carbocycles. The lowest BCUT2D eigenvalue weighted by Gasteiger charge is -2.30. The van der Waals surface area contributed by atoms with E-state index in [9.17, 15) is 18.0 Å². The number of nitrogens with one attached hydrogen (secondary N) is 1. The first-order chi connectivity index (χ1) is 13.7. The van der Waals surface area contributed by atoms with Gasteiger partial charge in [-0.15, -0.1) is 0 Å². The van der Waals surface area contributed by atoms with Gasteiger partial charge in [0.1, 0.15) is 11.6 Å². The SMILES string of the molecule is CCOC(=O)[C@H](CC(C)(C)S(=O)(=O)c1ccccc1CBr)NCC(=O)OC(C)(C)C. The van der Waals surface area contributed by atoms with Gasteiger partial charge in [-0.25, -0.2) is 8.42 Å². The highest BCUT2D eigenvalue weighted by Crippen LogP contribution is 2.32. The van der Waals surface area contributed by atoms with Gasteiger partial charge in [0.05, 0.1) is 22.8 Å². The Balaban J connectivity index is 3.11. The number of benzene rings is 1. The maximum Gasteiger partial charge on any atom is 0.323 e. The molecule has 0 aliphatic heterocycles. The van der Waals surface area contributed by atoms with E-state index in [1.807, 2.05) is 0 Å². The van der Waals surface area contributed by atoms with Crippen LogP contribution in [0.5, 0.6) is 0 Å². The molecule has 0 spiro atoms. The third-order valence-electron chi connectivity index (χ3n) is 4.31. The van der Waals surface area contributed by atoms with E-state index >= 15 is 0 Å². The fourth-order valence-electron chi connectivity index (χ4n) is 2.84. The van der Waals surface area contributed by atoms with Crippen molar-refractivity contribution in [1.29, 1.82) is 0 Å². The lowest BCUT2D eigenvalue weighted by atomic mass is 10.0. The van der Waals surface area contributed by atoms with Crippen LogP contribution in [0.15, 0.2) is 29.2 Å². The molecule has 0 heterocycles. The molecule has 1 aromatic rings. The van der Waals surface area contributed by atoms with Crippen molar-refractivity contribution in [2.75, 3.05) is 13.2 Å². The highest BCUT2D eigenvalue weighted by atomic mass is 79.9. The third-order valence-corrected chi connectivity index (χ3v) is 7.52. The van der Waals surface area contributed by atoms with Crippen LogP contribution < -0.4 is 5.32 Å². The van der Waals surface area contributed by atoms with Crippen LogP contribution in [-0.2, 0) is 34.2 Å². The molecule has 1 atom stereocenters. The van der Waals surface area contributed by atoms with Crippen LogP contribution in [0.25, 0.3) is 0 Å². The Labute approximate surface area is 187 Å². The molecule has 0 aliphatic rings. The average molecular weight is 506 g/mol. The van der Waals surface area contributed by atoms with Crippen molar-refractivity contribution in [2.45, 2.75) is 74.6 Å². The first kappa shape index (κ1) is 26.6. The number of carbonyl (C=O) groups is 2. The summed E-state index contributed by atoms with van der Waals surface area (Å²) in [6.45, 7) is 9.92. The van der Waals surface area contributed by atoms with Crippen molar-refractivity contribution in [3.05, 3.63) is 29.8 Å². The van der Waals surface area contributed by atoms with Crippen LogP contribution in [0.3, 0.4) is 0 Å². The van der Waals surface area contributed by atoms with Crippen molar-refractivity contribution in [1.82, 2.24) is 5.32 Å². The van der Waals surface area contributed by atoms with E-state index in [0.717, 1.165) is 0 Å². The normalized spacial score (nSPS) is 13.6. The Kier molecular flexibility index (Phi) is 9.51. The second kappa shape index (κ2) is 10.7. The number of halogens is 1. The molecule has 170 valence electrons. The molecule has 0 bridgehead atoms. The van der Waals surface area contributed by atoms with Gasteiger partial charge in [0, 0.05) is 5.33 Å². The second-order valence-electron chi connectivity index (χ2n) is 8.48. The molecule has 0 saturated carbocycles. The molecule has 1 N–H and O–H groups in total. The Bertz CT molecular complexity index is 845. The molecule has 0 aromatic heterocycles. The summed E-state index contributed by atoms with van der Waals surface area (Å²) in [4.78, 5) is 24.7. The fraction of sp³-hybridized carbons (Fsp3) is 0.619. The summed E-state index contributed by atoms with van der Waals surface area (Å²) in [7, 11) is -3.79. The largest absolute Gasteiger partial charge is 0.465 e. The van der Waals surface area contributed by atoms with E-state index in [1.165, 1.54) is 0 Å². The monoisotopic (exact) mass is 505 g/mol. The summed E-state index contributed by atoms with van der Waals surface area (Å²) in [5.74, 6) is -1.15. The van der Waals surface area contributed by atoms with Crippen LogP contribution in [-0.4, -0.2) is 49.9 Å². The molecule has 0 aliphatic carbocycles. The van der Waals surface area contributed by atoms with E-state index in [2.05, 4.69) is 21.2 Å². The van der Waals surface area contributed by atoms with Gasteiger partial charge >= 0.3 is 11.9 Å². The zero-order valence-corrected chi connectivity index (χ0v) is 20.9. The zero-order valence-electron chi connectivity index (χ0n) is 18.5. The molecule has 0 unspecified atom stereocenters. The highest BCUT2D eigenvalue weighted by Gasteiger charge is 2.41. The molecule has 0 fully saturated rings. The average Bonchev–Trinajstić information content (AvgIpc) is 2.63. The van der Waals surface area contributed by atoms with Gasteiger partial charge < -0.3 is 9.47 Å². The lowest BCUT2D eigenvalue weighted by molar-refractivity contribution is -0.154. The Morgan fingerprint density at radius 3 is 2.27 bits per heavy atom. The molecule has 1 rings (SSSR count). The lowest BCUT2D eigenvalue weighted by Crippen LogP contribution is -2.48. The summed E-state index contributed by atoms with van der Waals surface area (Å²) in [6, 6.07) is 5.74. The Morgan fingerprint density at radius 2 is 1.73 bits per heavy atom. The summed E-state index contributed by atoms with van der Waals surface area (Å²) >= 11 is 3.32. The van der Waals surface area contributed by atoms with Crippen molar-refractivity contribution < 1.29 is 27.5 Å². The number of alkyl halides is 1. The van der Waals surface area contributed by atoms with Crippen molar-refractivity contribution in [3.8, 4) is 0 Å².